The molecular weight excluding hydrogens is 248 g/mol. The third-order valence-corrected chi connectivity index (χ3v) is 5.39. The molecule has 0 heterocycles. The fourth-order valence-electron chi connectivity index (χ4n) is 2.77. The van der Waals surface area contributed by atoms with Crippen molar-refractivity contribution in [1.82, 2.24) is 9.62 Å². The Morgan fingerprint density at radius 1 is 1.22 bits per heavy atom. The van der Waals surface area contributed by atoms with E-state index in [2.05, 4.69) is 23.5 Å². The molecule has 4 nitrogen and oxygen atoms in total. The minimum absolute atomic E-state index is 0.253. The molecule has 0 radical (unpaired) electrons. The maximum absolute atomic E-state index is 12.0. The van der Waals surface area contributed by atoms with Crippen molar-refractivity contribution in [3.05, 3.63) is 0 Å². The van der Waals surface area contributed by atoms with Crippen LogP contribution in [0.5, 0.6) is 0 Å². The Labute approximate surface area is 112 Å². The second-order valence-corrected chi connectivity index (χ2v) is 7.91. The van der Waals surface area contributed by atoms with Crippen LogP contribution in [0.2, 0.25) is 0 Å². The van der Waals surface area contributed by atoms with Crippen LogP contribution >= 0.6 is 0 Å². The molecule has 1 saturated carbocycles. The quantitative estimate of drug-likeness (QED) is 0.770. The highest BCUT2D eigenvalue weighted by Gasteiger charge is 2.24. The van der Waals surface area contributed by atoms with Gasteiger partial charge >= 0.3 is 0 Å². The second kappa shape index (κ2) is 6.87. The Balaban J connectivity index is 2.44. The van der Waals surface area contributed by atoms with Crippen LogP contribution < -0.4 is 4.72 Å². The fourth-order valence-corrected chi connectivity index (χ4v) is 4.27. The fraction of sp³-hybridized carbons (Fsp3) is 1.00. The van der Waals surface area contributed by atoms with Crippen molar-refractivity contribution in [2.24, 2.45) is 11.8 Å². The predicted octanol–water partition coefficient (Wildman–Crippen LogP) is 1.68. The molecule has 1 aliphatic rings. The van der Waals surface area contributed by atoms with Crippen LogP contribution in [0.1, 0.15) is 39.5 Å². The van der Waals surface area contributed by atoms with E-state index in [1.165, 1.54) is 12.8 Å². The van der Waals surface area contributed by atoms with Crippen molar-refractivity contribution in [3.8, 4) is 0 Å². The molecule has 0 spiro atoms. The number of likely N-dealkylation sites (N-methyl/N-ethyl adjacent to an activating group) is 1. The molecule has 5 heteroatoms. The average Bonchev–Trinajstić information content (AvgIpc) is 2.68. The molecule has 1 unspecified atom stereocenters. The van der Waals surface area contributed by atoms with Crippen LogP contribution in [0.15, 0.2) is 0 Å². The van der Waals surface area contributed by atoms with Crippen LogP contribution in [0.4, 0.5) is 0 Å². The highest BCUT2D eigenvalue weighted by atomic mass is 32.2. The van der Waals surface area contributed by atoms with Crippen molar-refractivity contribution in [1.29, 1.82) is 0 Å². The van der Waals surface area contributed by atoms with Crippen molar-refractivity contribution < 1.29 is 8.42 Å². The number of nitrogens with zero attached hydrogens (tertiary/aromatic N) is 1. The molecule has 0 aromatic rings. The third-order valence-electron chi connectivity index (χ3n) is 3.88. The Bertz CT molecular complexity index is 325. The van der Waals surface area contributed by atoms with E-state index in [0.29, 0.717) is 24.1 Å². The maximum atomic E-state index is 12.0. The summed E-state index contributed by atoms with van der Waals surface area (Å²) < 4.78 is 26.8. The van der Waals surface area contributed by atoms with Gasteiger partial charge in [-0.25, -0.2) is 13.1 Å². The third kappa shape index (κ3) is 5.24. The molecule has 0 aliphatic heterocycles. The summed E-state index contributed by atoms with van der Waals surface area (Å²) in [4.78, 5) is 2.09. The topological polar surface area (TPSA) is 49.4 Å². The van der Waals surface area contributed by atoms with Gasteiger partial charge in [-0.3, -0.25) is 0 Å². The molecule has 0 aromatic heterocycles. The molecular formula is C13H28N2O2S. The van der Waals surface area contributed by atoms with Crippen LogP contribution in [0.3, 0.4) is 0 Å². The summed E-state index contributed by atoms with van der Waals surface area (Å²) in [6.07, 6.45) is 4.52. The lowest BCUT2D eigenvalue weighted by Crippen LogP contribution is -2.44. The standard InChI is InChI=1S/C13H28N2O2S/c1-11(2)13(15(3)4)9-14-18(16,17)10-12-7-5-6-8-12/h11-14H,5-10H2,1-4H3. The summed E-state index contributed by atoms with van der Waals surface area (Å²) in [5.74, 6) is 1.12. The van der Waals surface area contributed by atoms with Gasteiger partial charge in [0.05, 0.1) is 5.75 Å². The van der Waals surface area contributed by atoms with E-state index in [1.54, 1.807) is 0 Å². The Morgan fingerprint density at radius 3 is 2.22 bits per heavy atom. The summed E-state index contributed by atoms with van der Waals surface area (Å²) in [6, 6.07) is 0.253. The number of hydrogen-bond donors (Lipinski definition) is 1. The van der Waals surface area contributed by atoms with Gasteiger partial charge in [0.1, 0.15) is 0 Å². The first-order valence-electron chi connectivity index (χ1n) is 6.95. The first-order chi connectivity index (χ1) is 8.32. The maximum Gasteiger partial charge on any atom is 0.211 e. The molecule has 1 aliphatic carbocycles. The lowest BCUT2D eigenvalue weighted by molar-refractivity contribution is 0.233. The highest BCUT2D eigenvalue weighted by Crippen LogP contribution is 2.25. The van der Waals surface area contributed by atoms with Crippen LogP contribution in [-0.2, 0) is 10.0 Å². The van der Waals surface area contributed by atoms with Gasteiger partial charge in [0, 0.05) is 12.6 Å². The molecule has 0 aromatic carbocycles. The van der Waals surface area contributed by atoms with Crippen molar-refractivity contribution in [3.63, 3.8) is 0 Å². The van der Waals surface area contributed by atoms with Crippen molar-refractivity contribution in [2.45, 2.75) is 45.6 Å². The predicted molar refractivity (Wildman–Crippen MR) is 76.1 cm³/mol. The van der Waals surface area contributed by atoms with E-state index in [9.17, 15) is 8.42 Å². The molecule has 18 heavy (non-hydrogen) atoms. The van der Waals surface area contributed by atoms with E-state index in [0.717, 1.165) is 12.8 Å². The number of nitrogens with one attached hydrogen (secondary N) is 1. The Morgan fingerprint density at radius 2 is 1.78 bits per heavy atom. The summed E-state index contributed by atoms with van der Waals surface area (Å²) in [5, 5.41) is 0. The van der Waals surface area contributed by atoms with Gasteiger partial charge in [0.15, 0.2) is 0 Å². The van der Waals surface area contributed by atoms with Crippen LogP contribution in [0.25, 0.3) is 0 Å². The van der Waals surface area contributed by atoms with Gasteiger partial charge < -0.3 is 4.90 Å². The molecule has 0 amide bonds. The second-order valence-electron chi connectivity index (χ2n) is 6.06. The molecule has 0 bridgehead atoms. The monoisotopic (exact) mass is 276 g/mol. The largest absolute Gasteiger partial charge is 0.305 e. The smallest absolute Gasteiger partial charge is 0.211 e. The van der Waals surface area contributed by atoms with Crippen molar-refractivity contribution >= 4 is 10.0 Å². The van der Waals surface area contributed by atoms with Gasteiger partial charge in [-0.1, -0.05) is 26.7 Å². The van der Waals surface area contributed by atoms with Gasteiger partial charge in [0.2, 0.25) is 10.0 Å². The lowest BCUT2D eigenvalue weighted by atomic mass is 10.0. The Hall–Kier alpha value is -0.130. The molecule has 1 rings (SSSR count). The lowest BCUT2D eigenvalue weighted by Gasteiger charge is -2.28. The SMILES string of the molecule is CC(C)C(CNS(=O)(=O)CC1CCCC1)N(C)C. The molecule has 1 N–H and O–H groups in total. The zero-order chi connectivity index (χ0) is 13.8. The van der Waals surface area contributed by atoms with E-state index in [1.807, 2.05) is 14.1 Å². The molecule has 1 atom stereocenters. The van der Waals surface area contributed by atoms with E-state index >= 15 is 0 Å². The van der Waals surface area contributed by atoms with E-state index in [4.69, 9.17) is 0 Å². The first-order valence-corrected chi connectivity index (χ1v) is 8.61. The van der Waals surface area contributed by atoms with Crippen LogP contribution in [-0.4, -0.2) is 45.8 Å². The number of rotatable bonds is 7. The minimum Gasteiger partial charge on any atom is -0.305 e. The van der Waals surface area contributed by atoms with Crippen molar-refractivity contribution in [2.75, 3.05) is 26.4 Å². The minimum atomic E-state index is -3.10. The first kappa shape index (κ1) is 15.9. The van der Waals surface area contributed by atoms with Gasteiger partial charge in [0.25, 0.3) is 0 Å². The van der Waals surface area contributed by atoms with Gasteiger partial charge in [-0.15, -0.1) is 0 Å². The summed E-state index contributed by atoms with van der Waals surface area (Å²) in [6.45, 7) is 4.76. The zero-order valence-corrected chi connectivity index (χ0v) is 13.0. The molecule has 0 saturated heterocycles. The van der Waals surface area contributed by atoms with E-state index < -0.39 is 10.0 Å². The van der Waals surface area contributed by atoms with Crippen LogP contribution in [0, 0.1) is 11.8 Å². The normalized spacial score (nSPS) is 19.9. The molecule has 1 fully saturated rings. The zero-order valence-electron chi connectivity index (χ0n) is 12.1. The summed E-state index contributed by atoms with van der Waals surface area (Å²) in [7, 11) is 0.888. The van der Waals surface area contributed by atoms with Gasteiger partial charge in [-0.2, -0.15) is 0 Å². The number of sulfonamides is 1. The summed E-state index contributed by atoms with van der Waals surface area (Å²) >= 11 is 0. The highest BCUT2D eigenvalue weighted by molar-refractivity contribution is 7.89. The van der Waals surface area contributed by atoms with Gasteiger partial charge in [-0.05, 0) is 38.8 Å². The average molecular weight is 276 g/mol. The summed E-state index contributed by atoms with van der Waals surface area (Å²) in [5.41, 5.74) is 0. The molecule has 108 valence electrons. The number of hydrogen-bond acceptors (Lipinski definition) is 3. The van der Waals surface area contributed by atoms with E-state index in [-0.39, 0.29) is 6.04 Å². The Kier molecular flexibility index (Phi) is 6.08.